The van der Waals surface area contributed by atoms with Gasteiger partial charge in [-0.15, -0.1) is 0 Å². The summed E-state index contributed by atoms with van der Waals surface area (Å²) >= 11 is 0. The van der Waals surface area contributed by atoms with Crippen molar-refractivity contribution < 1.29 is 22.0 Å². The number of aromatic nitrogens is 2. The second-order valence-corrected chi connectivity index (χ2v) is 13.3. The molecule has 2 saturated heterocycles. The third kappa shape index (κ3) is 6.37. The summed E-state index contributed by atoms with van der Waals surface area (Å²) in [6, 6.07) is 8.00. The van der Waals surface area contributed by atoms with Crippen molar-refractivity contribution in [3.05, 3.63) is 64.9 Å². The Morgan fingerprint density at radius 1 is 1.02 bits per heavy atom. The molecule has 1 unspecified atom stereocenters. The highest BCUT2D eigenvalue weighted by atomic mass is 32.2. The first kappa shape index (κ1) is 29.5. The van der Waals surface area contributed by atoms with Crippen LogP contribution in [-0.2, 0) is 23.0 Å². The zero-order valence-electron chi connectivity index (χ0n) is 24.0. The number of piperidine rings is 1. The fourth-order valence-corrected chi connectivity index (χ4v) is 7.31. The van der Waals surface area contributed by atoms with Crippen LogP contribution in [0.15, 0.2) is 41.3 Å². The molecule has 3 aromatic rings. The zero-order chi connectivity index (χ0) is 30.1. The molecule has 1 aromatic heterocycles. The van der Waals surface area contributed by atoms with Crippen LogP contribution in [0.25, 0.3) is 0 Å². The second kappa shape index (κ2) is 12.2. The molecule has 3 aliphatic heterocycles. The lowest BCUT2D eigenvalue weighted by atomic mass is 10.1. The smallest absolute Gasteiger partial charge is 0.258 e. The minimum Gasteiger partial charge on any atom is -0.369 e. The van der Waals surface area contributed by atoms with Crippen molar-refractivity contribution in [1.82, 2.24) is 24.7 Å². The molecule has 0 saturated carbocycles. The molecule has 4 heterocycles. The van der Waals surface area contributed by atoms with E-state index in [4.69, 9.17) is 0 Å². The molecule has 14 heteroatoms. The molecule has 0 bridgehead atoms. The number of carbonyl (C=O) groups excluding carboxylic acids is 1. The Bertz CT molecular complexity index is 1580. The van der Waals surface area contributed by atoms with Gasteiger partial charge in [0.05, 0.1) is 22.3 Å². The molecule has 1 amide bonds. The van der Waals surface area contributed by atoms with Crippen molar-refractivity contribution in [3.63, 3.8) is 0 Å². The third-order valence-corrected chi connectivity index (χ3v) is 10.2. The topological polar surface area (TPSA) is 126 Å². The maximum Gasteiger partial charge on any atom is 0.258 e. The van der Waals surface area contributed by atoms with Gasteiger partial charge >= 0.3 is 0 Å². The number of H-pyrrole nitrogens is 1. The number of rotatable bonds is 7. The molecule has 11 nitrogen and oxygen atoms in total. The van der Waals surface area contributed by atoms with Crippen LogP contribution in [0, 0.1) is 11.6 Å². The van der Waals surface area contributed by atoms with E-state index >= 15 is 0 Å². The molecule has 2 fully saturated rings. The number of piperazine rings is 1. The lowest BCUT2D eigenvalue weighted by Gasteiger charge is -2.34. The number of aromatic amines is 1. The van der Waals surface area contributed by atoms with Gasteiger partial charge in [-0.1, -0.05) is 0 Å². The van der Waals surface area contributed by atoms with Crippen LogP contribution in [0.2, 0.25) is 0 Å². The molecule has 2 aromatic carbocycles. The van der Waals surface area contributed by atoms with Crippen molar-refractivity contribution >= 4 is 33.1 Å². The van der Waals surface area contributed by atoms with Crippen LogP contribution < -0.4 is 20.9 Å². The van der Waals surface area contributed by atoms with E-state index in [-0.39, 0.29) is 31.0 Å². The Kier molecular flexibility index (Phi) is 8.36. The Morgan fingerprint density at radius 2 is 1.79 bits per heavy atom. The summed E-state index contributed by atoms with van der Waals surface area (Å²) in [5.74, 6) is -2.11. The van der Waals surface area contributed by atoms with Crippen molar-refractivity contribution in [2.75, 3.05) is 61.8 Å². The maximum absolute atomic E-state index is 13.8. The lowest BCUT2D eigenvalue weighted by Crippen LogP contribution is -2.44. The molecule has 3 aliphatic rings. The summed E-state index contributed by atoms with van der Waals surface area (Å²) in [5.41, 5.74) is 3.39. The molecular formula is C29H36F2N8O3S. The number of hydrogen-bond acceptors (Lipinski definition) is 8. The van der Waals surface area contributed by atoms with Crippen molar-refractivity contribution in [1.29, 1.82) is 0 Å². The van der Waals surface area contributed by atoms with Gasteiger partial charge in [0, 0.05) is 68.7 Å². The highest BCUT2D eigenvalue weighted by Gasteiger charge is 2.32. The molecule has 6 rings (SSSR count). The number of nitrogens with zero attached hydrogens (tertiary/aromatic N) is 4. The van der Waals surface area contributed by atoms with Crippen molar-refractivity contribution in [3.8, 4) is 0 Å². The molecule has 1 atom stereocenters. The van der Waals surface area contributed by atoms with Gasteiger partial charge in [0.25, 0.3) is 5.91 Å². The molecule has 0 spiro atoms. The monoisotopic (exact) mass is 614 g/mol. The molecule has 43 heavy (non-hydrogen) atoms. The maximum atomic E-state index is 13.8. The number of nitrogens with one attached hydrogen (secondary N) is 4. The number of carbonyl (C=O) groups is 1. The van der Waals surface area contributed by atoms with Crippen LogP contribution in [0.1, 0.15) is 40.9 Å². The van der Waals surface area contributed by atoms with Crippen molar-refractivity contribution in [2.24, 2.45) is 0 Å². The first-order chi connectivity index (χ1) is 20.7. The van der Waals surface area contributed by atoms with Gasteiger partial charge in [0.2, 0.25) is 10.0 Å². The normalized spacial score (nSPS) is 20.1. The Morgan fingerprint density at radius 3 is 2.51 bits per heavy atom. The number of likely N-dealkylation sites (N-methyl/N-ethyl adjacent to an activating group) is 1. The summed E-state index contributed by atoms with van der Waals surface area (Å²) in [5, 5.41) is 17.1. The van der Waals surface area contributed by atoms with Crippen LogP contribution >= 0.6 is 0 Å². The van der Waals surface area contributed by atoms with Gasteiger partial charge in [-0.3, -0.25) is 15.2 Å². The minimum atomic E-state index is -4.19. The quantitative estimate of drug-likeness (QED) is 0.320. The first-order valence-corrected chi connectivity index (χ1v) is 16.0. The van der Waals surface area contributed by atoms with Gasteiger partial charge in [-0.05, 0) is 63.2 Å². The molecule has 4 N–H and O–H groups in total. The van der Waals surface area contributed by atoms with Crippen molar-refractivity contribution in [2.45, 2.75) is 43.3 Å². The van der Waals surface area contributed by atoms with Gasteiger partial charge in [0.15, 0.2) is 5.82 Å². The number of benzene rings is 2. The number of fused-ring (bicyclic) bond motifs is 1. The Balaban J connectivity index is 1.24. The fourth-order valence-electron chi connectivity index (χ4n) is 5.85. The van der Waals surface area contributed by atoms with Gasteiger partial charge in [-0.25, -0.2) is 17.2 Å². The molecule has 230 valence electrons. The van der Waals surface area contributed by atoms with E-state index in [2.05, 4.69) is 43.0 Å². The highest BCUT2D eigenvalue weighted by molar-refractivity contribution is 7.89. The van der Waals surface area contributed by atoms with Crippen LogP contribution in [-0.4, -0.2) is 86.2 Å². The van der Waals surface area contributed by atoms with Crippen LogP contribution in [0.3, 0.4) is 0 Å². The SMILES string of the molecule is CN1CCN(c2ccc(C(=O)Nc3n[nH]c4c3CN(S(=O)(=O)c3cc(F)cc(F)c3)CC4)c(NC3CCCCN3)c2)CC1. The second-order valence-electron chi connectivity index (χ2n) is 11.3. The summed E-state index contributed by atoms with van der Waals surface area (Å²) in [6.45, 7) is 4.59. The van der Waals surface area contributed by atoms with E-state index in [0.717, 1.165) is 74.1 Å². The summed E-state index contributed by atoms with van der Waals surface area (Å²) in [7, 11) is -2.09. The van der Waals surface area contributed by atoms with Gasteiger partial charge in [0.1, 0.15) is 11.6 Å². The number of hydrogen-bond donors (Lipinski definition) is 4. The third-order valence-electron chi connectivity index (χ3n) is 8.36. The summed E-state index contributed by atoms with van der Waals surface area (Å²) in [4.78, 5) is 17.8. The number of amides is 1. The Labute approximate surface area is 249 Å². The summed E-state index contributed by atoms with van der Waals surface area (Å²) in [6.07, 6.45) is 3.47. The van der Waals surface area contributed by atoms with Crippen LogP contribution in [0.4, 0.5) is 26.0 Å². The van der Waals surface area contributed by atoms with Crippen LogP contribution in [0.5, 0.6) is 0 Å². The van der Waals surface area contributed by atoms with Gasteiger partial charge in [-0.2, -0.15) is 9.40 Å². The van der Waals surface area contributed by atoms with E-state index in [1.807, 2.05) is 18.2 Å². The predicted molar refractivity (Wildman–Crippen MR) is 160 cm³/mol. The molecule has 0 aliphatic carbocycles. The molecular weight excluding hydrogens is 578 g/mol. The number of sulfonamides is 1. The zero-order valence-corrected chi connectivity index (χ0v) is 24.8. The van der Waals surface area contributed by atoms with E-state index in [9.17, 15) is 22.0 Å². The minimum absolute atomic E-state index is 0.0348. The Hall–Kier alpha value is -3.59. The lowest BCUT2D eigenvalue weighted by molar-refractivity contribution is 0.102. The fraction of sp³-hybridized carbons (Fsp3) is 0.448. The highest BCUT2D eigenvalue weighted by Crippen LogP contribution is 2.31. The number of anilines is 3. The van der Waals surface area contributed by atoms with E-state index in [0.29, 0.717) is 35.0 Å². The largest absolute Gasteiger partial charge is 0.369 e. The average Bonchev–Trinajstić information content (AvgIpc) is 3.39. The van der Waals surface area contributed by atoms with E-state index < -0.39 is 26.6 Å². The summed E-state index contributed by atoms with van der Waals surface area (Å²) < 4.78 is 55.3. The first-order valence-electron chi connectivity index (χ1n) is 14.6. The average molecular weight is 615 g/mol. The standard InChI is InChI=1S/C29H36F2N8O3S/c1-37-10-12-38(13-11-37)21-5-6-23(26(17-21)33-27-4-2-3-8-32-27)29(40)34-28-24-18-39(9-7-25(24)35-36-28)43(41,42)22-15-19(30)14-20(31)16-22/h5-6,14-17,27,32-33H,2-4,7-13,18H2,1H3,(H2,34,35,36,40). The van der Waals surface area contributed by atoms with Gasteiger partial charge < -0.3 is 20.4 Å². The van der Waals surface area contributed by atoms with E-state index in [1.54, 1.807) is 0 Å². The predicted octanol–water partition coefficient (Wildman–Crippen LogP) is 2.95. The number of halogens is 2. The molecule has 0 radical (unpaired) electrons. The van der Waals surface area contributed by atoms with E-state index in [1.165, 1.54) is 0 Å².